The molecule has 34 heavy (non-hydrogen) atoms. The van der Waals surface area contributed by atoms with Crippen LogP contribution < -0.4 is 16.4 Å². The number of aromatic amines is 1. The largest absolute Gasteiger partial charge is 0.480 e. The summed E-state index contributed by atoms with van der Waals surface area (Å²) in [6.45, 7) is -1.33. The van der Waals surface area contributed by atoms with Crippen molar-refractivity contribution in [2.75, 3.05) is 19.8 Å². The fraction of sp³-hybridized carbons (Fsp3) is 0.455. The number of aromatic nitrogens is 1. The zero-order valence-corrected chi connectivity index (χ0v) is 18.4. The molecule has 2 heterocycles. The molecular formula is C22H29N5O7. The molecule has 1 fully saturated rings. The minimum absolute atomic E-state index is 0.271. The Bertz CT molecular complexity index is 1060. The number of para-hydroxylation sites is 1. The van der Waals surface area contributed by atoms with Gasteiger partial charge in [-0.2, -0.15) is 0 Å². The van der Waals surface area contributed by atoms with E-state index in [1.54, 1.807) is 6.20 Å². The lowest BCUT2D eigenvalue weighted by molar-refractivity contribution is -0.144. The number of H-pyrrole nitrogens is 1. The van der Waals surface area contributed by atoms with Gasteiger partial charge in [-0.1, -0.05) is 18.2 Å². The van der Waals surface area contributed by atoms with E-state index in [4.69, 9.17) is 15.9 Å². The summed E-state index contributed by atoms with van der Waals surface area (Å²) in [6.07, 6.45) is 2.98. The van der Waals surface area contributed by atoms with Crippen LogP contribution in [0.25, 0.3) is 10.9 Å². The third-order valence-corrected chi connectivity index (χ3v) is 5.88. The molecule has 0 saturated carbocycles. The number of aliphatic hydroxyl groups excluding tert-OH is 2. The number of nitrogens with two attached hydrogens (primary N) is 1. The van der Waals surface area contributed by atoms with Crippen LogP contribution in [0.1, 0.15) is 18.4 Å². The van der Waals surface area contributed by atoms with Gasteiger partial charge in [0.2, 0.25) is 17.7 Å². The number of hydrogen-bond acceptors (Lipinski definition) is 7. The number of likely N-dealkylation sites (tertiary alicyclic amines) is 1. The summed E-state index contributed by atoms with van der Waals surface area (Å²) in [7, 11) is 0. The maximum atomic E-state index is 13.1. The van der Waals surface area contributed by atoms with Crippen LogP contribution in [0.2, 0.25) is 0 Å². The normalized spacial score (nSPS) is 18.3. The summed E-state index contributed by atoms with van der Waals surface area (Å²) in [4.78, 5) is 53.6. The van der Waals surface area contributed by atoms with Crippen molar-refractivity contribution >= 4 is 34.6 Å². The Morgan fingerprint density at radius 2 is 1.82 bits per heavy atom. The third kappa shape index (κ3) is 5.53. The van der Waals surface area contributed by atoms with Gasteiger partial charge in [0.1, 0.15) is 18.1 Å². The summed E-state index contributed by atoms with van der Waals surface area (Å²) in [6, 6.07) is 2.84. The molecule has 12 heteroatoms. The van der Waals surface area contributed by atoms with Gasteiger partial charge in [-0.25, -0.2) is 4.79 Å². The first kappa shape index (κ1) is 25.1. The molecule has 1 aromatic carbocycles. The first-order valence-electron chi connectivity index (χ1n) is 10.9. The fourth-order valence-electron chi connectivity index (χ4n) is 4.06. The van der Waals surface area contributed by atoms with Crippen LogP contribution in [-0.2, 0) is 25.6 Å². The number of nitrogens with zero attached hydrogens (tertiary/aromatic N) is 1. The molecule has 1 aliphatic rings. The second-order valence-corrected chi connectivity index (χ2v) is 8.19. The molecule has 0 radical (unpaired) electrons. The minimum Gasteiger partial charge on any atom is -0.480 e. The first-order valence-corrected chi connectivity index (χ1v) is 10.9. The predicted octanol–water partition coefficient (Wildman–Crippen LogP) is -1.93. The van der Waals surface area contributed by atoms with Gasteiger partial charge >= 0.3 is 5.97 Å². The second kappa shape index (κ2) is 11.1. The highest BCUT2D eigenvalue weighted by Crippen LogP contribution is 2.22. The van der Waals surface area contributed by atoms with Crippen molar-refractivity contribution in [1.82, 2.24) is 20.5 Å². The number of carbonyl (C=O) groups is 4. The van der Waals surface area contributed by atoms with E-state index in [-0.39, 0.29) is 6.42 Å². The van der Waals surface area contributed by atoms with E-state index in [0.29, 0.717) is 19.4 Å². The maximum Gasteiger partial charge on any atom is 0.328 e. The quantitative estimate of drug-likeness (QED) is 0.206. The number of fused-ring (bicyclic) bond motifs is 1. The molecular weight excluding hydrogens is 446 g/mol. The van der Waals surface area contributed by atoms with Crippen LogP contribution in [0.5, 0.6) is 0 Å². The van der Waals surface area contributed by atoms with Crippen molar-refractivity contribution in [2.24, 2.45) is 5.73 Å². The number of carbonyl (C=O) groups excluding carboxylic acids is 3. The highest BCUT2D eigenvalue weighted by molar-refractivity contribution is 5.94. The number of carboxylic acid groups (broad SMARTS) is 1. The lowest BCUT2D eigenvalue weighted by atomic mass is 10.0. The van der Waals surface area contributed by atoms with Crippen LogP contribution in [0.3, 0.4) is 0 Å². The number of carboxylic acids is 1. The number of hydrogen-bond donors (Lipinski definition) is 7. The molecule has 12 nitrogen and oxygen atoms in total. The fourth-order valence-corrected chi connectivity index (χ4v) is 4.06. The van der Waals surface area contributed by atoms with Crippen LogP contribution in [0.4, 0.5) is 0 Å². The Hall–Kier alpha value is -3.48. The Kier molecular flexibility index (Phi) is 8.21. The molecule has 1 saturated heterocycles. The molecule has 184 valence electrons. The Morgan fingerprint density at radius 1 is 1.12 bits per heavy atom. The average Bonchev–Trinajstić information content (AvgIpc) is 3.47. The average molecular weight is 476 g/mol. The maximum absolute atomic E-state index is 13.1. The standard InChI is InChI=1S/C22H29N5O7/c23-14(8-12-9-24-15-5-2-1-4-13(12)15)21(32)27-7-3-6-18(27)20(31)25-16(10-28)19(30)26-17(11-29)22(33)34/h1-2,4-5,9,14,16-18,24,28-29H,3,6-8,10-11,23H2,(H,25,31)(H,26,30)(H,33,34). The number of aliphatic carboxylic acids is 1. The highest BCUT2D eigenvalue weighted by Gasteiger charge is 2.38. The number of rotatable bonds is 10. The van der Waals surface area contributed by atoms with E-state index in [0.717, 1.165) is 16.5 Å². The summed E-state index contributed by atoms with van der Waals surface area (Å²) in [5.74, 6) is -3.49. The van der Waals surface area contributed by atoms with Crippen LogP contribution in [-0.4, -0.2) is 92.8 Å². The van der Waals surface area contributed by atoms with E-state index >= 15 is 0 Å². The number of nitrogens with one attached hydrogen (secondary N) is 3. The minimum atomic E-state index is -1.58. The summed E-state index contributed by atoms with van der Waals surface area (Å²) in [5.41, 5.74) is 8.00. The molecule has 2 aromatic rings. The van der Waals surface area contributed by atoms with E-state index in [2.05, 4.69) is 10.3 Å². The summed E-state index contributed by atoms with van der Waals surface area (Å²) >= 11 is 0. The van der Waals surface area contributed by atoms with Gasteiger partial charge < -0.3 is 41.6 Å². The Labute approximate surface area is 195 Å². The van der Waals surface area contributed by atoms with Crippen molar-refractivity contribution in [1.29, 1.82) is 0 Å². The molecule has 1 aliphatic heterocycles. The van der Waals surface area contributed by atoms with Crippen LogP contribution in [0.15, 0.2) is 30.5 Å². The highest BCUT2D eigenvalue weighted by atomic mass is 16.4. The zero-order valence-electron chi connectivity index (χ0n) is 18.4. The van der Waals surface area contributed by atoms with Gasteiger partial charge in [-0.3, -0.25) is 14.4 Å². The summed E-state index contributed by atoms with van der Waals surface area (Å²) in [5, 5.41) is 32.9. The van der Waals surface area contributed by atoms with Gasteiger partial charge in [0.25, 0.3) is 0 Å². The van der Waals surface area contributed by atoms with Gasteiger partial charge in [0.15, 0.2) is 0 Å². The van der Waals surface area contributed by atoms with Crippen molar-refractivity contribution in [3.63, 3.8) is 0 Å². The zero-order chi connectivity index (χ0) is 24.8. The Balaban J connectivity index is 1.63. The lowest BCUT2D eigenvalue weighted by Crippen LogP contribution is -2.58. The van der Waals surface area contributed by atoms with Gasteiger partial charge in [-0.15, -0.1) is 0 Å². The summed E-state index contributed by atoms with van der Waals surface area (Å²) < 4.78 is 0. The molecule has 8 N–H and O–H groups in total. The molecule has 3 amide bonds. The van der Waals surface area contributed by atoms with E-state index in [1.165, 1.54) is 4.90 Å². The molecule has 0 spiro atoms. The van der Waals surface area contributed by atoms with Crippen molar-refractivity contribution in [2.45, 2.75) is 43.4 Å². The molecule has 4 atom stereocenters. The molecule has 4 unspecified atom stereocenters. The molecule has 1 aromatic heterocycles. The topological polar surface area (TPSA) is 198 Å². The molecule has 3 rings (SSSR count). The number of aliphatic hydroxyl groups is 2. The first-order chi connectivity index (χ1) is 16.3. The molecule has 0 aliphatic carbocycles. The number of amides is 3. The SMILES string of the molecule is NC(Cc1c[nH]c2ccccc12)C(=O)N1CCCC1C(=O)NC(CO)C(=O)NC(CO)C(=O)O. The van der Waals surface area contributed by atoms with Crippen LogP contribution in [0, 0.1) is 0 Å². The van der Waals surface area contributed by atoms with Gasteiger partial charge in [0.05, 0.1) is 19.3 Å². The smallest absolute Gasteiger partial charge is 0.328 e. The van der Waals surface area contributed by atoms with E-state index in [9.17, 15) is 24.3 Å². The van der Waals surface area contributed by atoms with Crippen LogP contribution >= 0.6 is 0 Å². The van der Waals surface area contributed by atoms with Crippen molar-refractivity contribution in [3.8, 4) is 0 Å². The van der Waals surface area contributed by atoms with E-state index < -0.39 is 61.1 Å². The predicted molar refractivity (Wildman–Crippen MR) is 120 cm³/mol. The van der Waals surface area contributed by atoms with Gasteiger partial charge in [-0.05, 0) is 30.9 Å². The lowest BCUT2D eigenvalue weighted by Gasteiger charge is -2.28. The van der Waals surface area contributed by atoms with Crippen molar-refractivity contribution in [3.05, 3.63) is 36.0 Å². The van der Waals surface area contributed by atoms with Gasteiger partial charge in [0, 0.05) is 23.6 Å². The molecule has 0 bridgehead atoms. The second-order valence-electron chi connectivity index (χ2n) is 8.19. The number of benzene rings is 1. The Morgan fingerprint density at radius 3 is 2.50 bits per heavy atom. The van der Waals surface area contributed by atoms with E-state index in [1.807, 2.05) is 29.6 Å². The third-order valence-electron chi connectivity index (χ3n) is 5.88. The van der Waals surface area contributed by atoms with Crippen molar-refractivity contribution < 1.29 is 34.5 Å². The monoisotopic (exact) mass is 475 g/mol.